The van der Waals surface area contributed by atoms with Crippen molar-refractivity contribution in [3.05, 3.63) is 102 Å². The molecule has 0 saturated carbocycles. The minimum Gasteiger partial charge on any atom is -0.396 e. The molecule has 38 heavy (non-hydrogen) atoms. The van der Waals surface area contributed by atoms with E-state index in [0.717, 1.165) is 11.6 Å². The van der Waals surface area contributed by atoms with Gasteiger partial charge in [-0.15, -0.1) is 0 Å². The average Bonchev–Trinajstić information content (AvgIpc) is 3.26. The summed E-state index contributed by atoms with van der Waals surface area (Å²) in [4.78, 5) is 21.0. The monoisotopic (exact) mass is 521 g/mol. The summed E-state index contributed by atoms with van der Waals surface area (Å²) in [6, 6.07) is 16.6. The minimum atomic E-state index is -4.90. The summed E-state index contributed by atoms with van der Waals surface area (Å²) in [5.41, 5.74) is -0.535. The Morgan fingerprint density at radius 2 is 1.71 bits per heavy atom. The number of nitrogens with one attached hydrogen (secondary N) is 1. The zero-order valence-electron chi connectivity index (χ0n) is 19.6. The Balaban J connectivity index is 1.62. The van der Waals surface area contributed by atoms with E-state index in [9.17, 15) is 27.5 Å². The topological polar surface area (TPSA) is 92.9 Å². The van der Waals surface area contributed by atoms with Gasteiger partial charge < -0.3 is 10.4 Å². The van der Waals surface area contributed by atoms with Crippen LogP contribution in [0.15, 0.2) is 79.1 Å². The van der Waals surface area contributed by atoms with E-state index in [1.807, 2.05) is 0 Å². The predicted molar refractivity (Wildman–Crippen MR) is 132 cm³/mol. The van der Waals surface area contributed by atoms with Crippen molar-refractivity contribution in [2.45, 2.75) is 12.6 Å². The molecule has 0 saturated heterocycles. The Bertz CT molecular complexity index is 1620. The molecule has 2 aromatic heterocycles. The molecule has 7 nitrogen and oxygen atoms in total. The molecule has 0 unspecified atom stereocenters. The maximum absolute atomic E-state index is 15.0. The molecule has 3 aromatic carbocycles. The Labute approximate surface area is 213 Å². The Kier molecular flexibility index (Phi) is 6.60. The lowest BCUT2D eigenvalue weighted by Gasteiger charge is -2.15. The van der Waals surface area contributed by atoms with Crippen LogP contribution in [-0.4, -0.2) is 37.4 Å². The maximum atomic E-state index is 15.0. The highest BCUT2D eigenvalue weighted by molar-refractivity contribution is 6.09. The second-order valence-electron chi connectivity index (χ2n) is 8.32. The molecule has 0 spiro atoms. The number of amides is 1. The zero-order valence-corrected chi connectivity index (χ0v) is 19.6. The van der Waals surface area contributed by atoms with Gasteiger partial charge in [0.15, 0.2) is 5.82 Å². The van der Waals surface area contributed by atoms with Crippen LogP contribution in [-0.2, 0) is 12.6 Å². The number of carbonyl (C=O) groups excluding carboxylic acids is 1. The van der Waals surface area contributed by atoms with Crippen LogP contribution in [0.5, 0.6) is 0 Å². The third kappa shape index (κ3) is 4.83. The highest BCUT2D eigenvalue weighted by atomic mass is 19.4. The van der Waals surface area contributed by atoms with Gasteiger partial charge in [-0.25, -0.2) is 19.0 Å². The lowest BCUT2D eigenvalue weighted by atomic mass is 10.0. The van der Waals surface area contributed by atoms with Gasteiger partial charge in [-0.05, 0) is 54.4 Å². The summed E-state index contributed by atoms with van der Waals surface area (Å²) in [6.45, 7) is -0.0604. The normalized spacial score (nSPS) is 11.6. The molecule has 192 valence electrons. The van der Waals surface area contributed by atoms with Gasteiger partial charge in [0.2, 0.25) is 0 Å². The number of fused-ring (bicyclic) bond motifs is 1. The number of hydrogen-bond acceptors (Lipinski definition) is 5. The van der Waals surface area contributed by atoms with Crippen LogP contribution in [0.4, 0.5) is 23.4 Å². The van der Waals surface area contributed by atoms with Crippen LogP contribution in [0.1, 0.15) is 21.5 Å². The molecule has 0 bridgehead atoms. The molecule has 0 atom stereocenters. The van der Waals surface area contributed by atoms with Crippen molar-refractivity contribution in [1.29, 1.82) is 0 Å². The molecule has 2 heterocycles. The van der Waals surface area contributed by atoms with Gasteiger partial charge in [0.05, 0.1) is 22.3 Å². The van der Waals surface area contributed by atoms with Crippen LogP contribution in [0, 0.1) is 5.82 Å². The number of alkyl halides is 3. The third-order valence-electron chi connectivity index (χ3n) is 5.83. The number of halogens is 4. The first-order chi connectivity index (χ1) is 18.3. The van der Waals surface area contributed by atoms with Gasteiger partial charge in [0, 0.05) is 30.0 Å². The van der Waals surface area contributed by atoms with Crippen LogP contribution in [0.25, 0.3) is 28.0 Å². The van der Waals surface area contributed by atoms with Gasteiger partial charge >= 0.3 is 6.18 Å². The van der Waals surface area contributed by atoms with Crippen LogP contribution < -0.4 is 5.32 Å². The van der Waals surface area contributed by atoms with Crippen LogP contribution in [0.2, 0.25) is 0 Å². The second-order valence-corrected chi connectivity index (χ2v) is 8.32. The molecule has 0 aliphatic carbocycles. The number of aliphatic hydroxyl groups excluding tert-OH is 1. The van der Waals surface area contributed by atoms with E-state index in [2.05, 4.69) is 20.4 Å². The quantitative estimate of drug-likeness (QED) is 0.291. The fourth-order valence-corrected chi connectivity index (χ4v) is 4.07. The molecular formula is C27H19F4N5O2. The molecule has 2 N–H and O–H groups in total. The zero-order chi connectivity index (χ0) is 26.9. The summed E-state index contributed by atoms with van der Waals surface area (Å²) >= 11 is 0. The first-order valence-corrected chi connectivity index (χ1v) is 11.4. The van der Waals surface area contributed by atoms with Crippen molar-refractivity contribution in [3.63, 3.8) is 0 Å². The van der Waals surface area contributed by atoms with Gasteiger partial charge in [0.1, 0.15) is 11.6 Å². The van der Waals surface area contributed by atoms with E-state index < -0.39 is 34.6 Å². The smallest absolute Gasteiger partial charge is 0.396 e. The van der Waals surface area contributed by atoms with Gasteiger partial charge in [-0.3, -0.25) is 4.79 Å². The molecule has 5 rings (SSSR count). The first-order valence-electron chi connectivity index (χ1n) is 11.4. The van der Waals surface area contributed by atoms with E-state index in [1.165, 1.54) is 23.1 Å². The molecule has 0 radical (unpaired) electrons. The number of carbonyl (C=O) groups is 1. The molecule has 0 fully saturated rings. The lowest BCUT2D eigenvalue weighted by molar-refractivity contribution is -0.137. The van der Waals surface area contributed by atoms with E-state index >= 15 is 0 Å². The predicted octanol–water partition coefficient (Wildman–Crippen LogP) is 5.43. The van der Waals surface area contributed by atoms with Gasteiger partial charge in [-0.1, -0.05) is 24.3 Å². The number of aliphatic hydroxyl groups is 1. The van der Waals surface area contributed by atoms with Crippen molar-refractivity contribution < 1.29 is 27.5 Å². The molecule has 0 aliphatic rings. The fourth-order valence-electron chi connectivity index (χ4n) is 4.07. The number of para-hydroxylation sites is 1. The molecular weight excluding hydrogens is 502 g/mol. The summed E-state index contributed by atoms with van der Waals surface area (Å²) in [5.74, 6) is -2.43. The fraction of sp³-hybridized carbons (Fsp3) is 0.111. The summed E-state index contributed by atoms with van der Waals surface area (Å²) in [5, 5.41) is 17.0. The van der Waals surface area contributed by atoms with E-state index in [4.69, 9.17) is 0 Å². The van der Waals surface area contributed by atoms with Crippen molar-refractivity contribution >= 4 is 22.6 Å². The van der Waals surface area contributed by atoms with E-state index in [1.54, 1.807) is 48.5 Å². The van der Waals surface area contributed by atoms with Crippen LogP contribution in [0.3, 0.4) is 0 Å². The van der Waals surface area contributed by atoms with Gasteiger partial charge in [-0.2, -0.15) is 18.3 Å². The highest BCUT2D eigenvalue weighted by Gasteiger charge is 2.36. The molecule has 11 heteroatoms. The molecule has 5 aromatic rings. The number of hydrogen-bond donors (Lipinski definition) is 2. The second kappa shape index (κ2) is 10.0. The standard InChI is InChI=1S/C27H19F4N5O2/c28-22-15-21(27(29,30)31)19(24-32-10-4-11-33-24)14-20(22)26(38)34-25-18-8-7-16(9-12-37)13-23(18)35-36(25)17-5-2-1-3-6-17/h1-8,10-11,13-15,37H,9,12H2,(H,34,38). The Morgan fingerprint density at radius 1 is 0.974 bits per heavy atom. The number of anilines is 1. The molecule has 1 amide bonds. The summed E-state index contributed by atoms with van der Waals surface area (Å²) < 4.78 is 57.5. The largest absolute Gasteiger partial charge is 0.417 e. The third-order valence-corrected chi connectivity index (χ3v) is 5.83. The van der Waals surface area contributed by atoms with Gasteiger partial charge in [0.25, 0.3) is 5.91 Å². The van der Waals surface area contributed by atoms with Crippen molar-refractivity contribution in [3.8, 4) is 17.1 Å². The Morgan fingerprint density at radius 3 is 2.39 bits per heavy atom. The van der Waals surface area contributed by atoms with Crippen molar-refractivity contribution in [1.82, 2.24) is 19.7 Å². The summed E-state index contributed by atoms with van der Waals surface area (Å²) in [7, 11) is 0. The number of rotatable bonds is 6. The lowest BCUT2D eigenvalue weighted by Crippen LogP contribution is -2.18. The number of nitrogens with zero attached hydrogens (tertiary/aromatic N) is 4. The minimum absolute atomic E-state index is 0.0604. The van der Waals surface area contributed by atoms with E-state index in [-0.39, 0.29) is 24.3 Å². The average molecular weight is 521 g/mol. The van der Waals surface area contributed by atoms with E-state index in [0.29, 0.717) is 23.0 Å². The Hall–Kier alpha value is -4.64. The summed E-state index contributed by atoms with van der Waals surface area (Å²) in [6.07, 6.45) is -2.00. The first kappa shape index (κ1) is 25.0. The SMILES string of the molecule is O=C(Nc1c2ccc(CCO)cc2nn1-c1ccccc1)c1cc(-c2ncccn2)c(C(F)(F)F)cc1F. The number of benzene rings is 3. The number of aromatic nitrogens is 4. The highest BCUT2D eigenvalue weighted by Crippen LogP contribution is 2.38. The molecule has 0 aliphatic heterocycles. The maximum Gasteiger partial charge on any atom is 0.417 e. The van der Waals surface area contributed by atoms with Crippen LogP contribution >= 0.6 is 0 Å². The van der Waals surface area contributed by atoms with Crippen molar-refractivity contribution in [2.75, 3.05) is 11.9 Å². The van der Waals surface area contributed by atoms with Crippen molar-refractivity contribution in [2.24, 2.45) is 0 Å².